The molecule has 15 heavy (non-hydrogen) atoms. The van der Waals surface area contributed by atoms with Crippen molar-refractivity contribution >= 4 is 44.9 Å². The lowest BCUT2D eigenvalue weighted by Gasteiger charge is -1.99. The largest absolute Gasteiger partial charge is 0.326 e. The van der Waals surface area contributed by atoms with E-state index in [0.29, 0.717) is 0 Å². The van der Waals surface area contributed by atoms with Gasteiger partial charge in [-0.3, -0.25) is 4.79 Å². The maximum atomic E-state index is 10.9. The van der Waals surface area contributed by atoms with Crippen LogP contribution < -0.4 is 5.32 Å². The van der Waals surface area contributed by atoms with Crippen LogP contribution in [-0.4, -0.2) is 17.1 Å². The summed E-state index contributed by atoms with van der Waals surface area (Å²) in [6, 6.07) is 5.77. The monoisotopic (exact) mass is 238 g/mol. The molecule has 0 aliphatic carbocycles. The fourth-order valence-electron chi connectivity index (χ4n) is 1.27. The van der Waals surface area contributed by atoms with Crippen LogP contribution in [0.3, 0.4) is 0 Å². The molecule has 1 amide bonds. The van der Waals surface area contributed by atoms with Crippen molar-refractivity contribution in [1.29, 1.82) is 0 Å². The molecule has 3 nitrogen and oxygen atoms in total. The third kappa shape index (κ3) is 2.30. The molecular weight excluding hydrogens is 228 g/mol. The topological polar surface area (TPSA) is 42.0 Å². The Morgan fingerprint density at radius 2 is 2.33 bits per heavy atom. The fourth-order valence-corrected chi connectivity index (χ4v) is 2.74. The van der Waals surface area contributed by atoms with Crippen molar-refractivity contribution in [3.63, 3.8) is 0 Å². The van der Waals surface area contributed by atoms with E-state index in [0.717, 1.165) is 20.2 Å². The average molecular weight is 238 g/mol. The highest BCUT2D eigenvalue weighted by Crippen LogP contribution is 2.29. The molecule has 1 N–H and O–H groups in total. The molecule has 2 aromatic rings. The predicted molar refractivity (Wildman–Crippen MR) is 65.7 cm³/mol. The summed E-state index contributed by atoms with van der Waals surface area (Å²) < 4.78 is 2.19. The van der Waals surface area contributed by atoms with Crippen LogP contribution in [0.1, 0.15) is 6.92 Å². The number of thiazole rings is 1. The third-order valence-electron chi connectivity index (χ3n) is 1.86. The number of nitrogens with one attached hydrogen (secondary N) is 1. The number of fused-ring (bicyclic) bond motifs is 1. The number of carbonyl (C=O) groups excluding carboxylic acids is 1. The summed E-state index contributed by atoms with van der Waals surface area (Å²) in [5.41, 5.74) is 1.74. The van der Waals surface area contributed by atoms with E-state index in [4.69, 9.17) is 0 Å². The van der Waals surface area contributed by atoms with Gasteiger partial charge < -0.3 is 5.32 Å². The molecule has 1 aromatic carbocycles. The minimum atomic E-state index is -0.0605. The van der Waals surface area contributed by atoms with Gasteiger partial charge in [0.1, 0.15) is 0 Å². The summed E-state index contributed by atoms with van der Waals surface area (Å²) >= 11 is 3.30. The van der Waals surface area contributed by atoms with Crippen LogP contribution in [-0.2, 0) is 4.79 Å². The lowest BCUT2D eigenvalue weighted by atomic mass is 10.3. The number of carbonyl (C=O) groups is 1. The SMILES string of the molecule is CSc1nc2cc(NC(C)=O)ccc2s1. The number of amides is 1. The van der Waals surface area contributed by atoms with Crippen LogP contribution in [0.2, 0.25) is 0 Å². The highest BCUT2D eigenvalue weighted by Gasteiger charge is 2.04. The minimum Gasteiger partial charge on any atom is -0.326 e. The molecule has 0 saturated heterocycles. The molecule has 78 valence electrons. The number of hydrogen-bond donors (Lipinski definition) is 1. The van der Waals surface area contributed by atoms with Gasteiger partial charge in [0.2, 0.25) is 5.91 Å². The number of rotatable bonds is 2. The van der Waals surface area contributed by atoms with Gasteiger partial charge in [0.25, 0.3) is 0 Å². The van der Waals surface area contributed by atoms with E-state index in [9.17, 15) is 4.79 Å². The van der Waals surface area contributed by atoms with E-state index in [1.54, 1.807) is 23.1 Å². The number of benzene rings is 1. The van der Waals surface area contributed by atoms with Gasteiger partial charge in [-0.15, -0.1) is 11.3 Å². The highest BCUT2D eigenvalue weighted by molar-refractivity contribution is 8.00. The molecule has 0 unspecified atom stereocenters. The molecule has 0 atom stereocenters. The second kappa shape index (κ2) is 4.20. The second-order valence-electron chi connectivity index (χ2n) is 3.05. The molecule has 0 radical (unpaired) electrons. The first-order valence-electron chi connectivity index (χ1n) is 4.41. The Bertz CT molecular complexity index is 507. The molecule has 5 heteroatoms. The number of thioether (sulfide) groups is 1. The smallest absolute Gasteiger partial charge is 0.221 e. The molecule has 0 aliphatic heterocycles. The van der Waals surface area contributed by atoms with E-state index in [-0.39, 0.29) is 5.91 Å². The summed E-state index contributed by atoms with van der Waals surface area (Å²) in [6.07, 6.45) is 2.01. The van der Waals surface area contributed by atoms with Crippen molar-refractivity contribution in [2.75, 3.05) is 11.6 Å². The molecule has 0 aliphatic rings. The number of nitrogens with zero attached hydrogens (tertiary/aromatic N) is 1. The molecule has 0 saturated carbocycles. The Labute approximate surface area is 95.9 Å². The first-order chi connectivity index (χ1) is 7.19. The Balaban J connectivity index is 2.41. The summed E-state index contributed by atoms with van der Waals surface area (Å²) in [6.45, 7) is 1.50. The lowest BCUT2D eigenvalue weighted by molar-refractivity contribution is -0.114. The normalized spacial score (nSPS) is 10.5. The molecule has 0 spiro atoms. The molecule has 2 rings (SSSR count). The molecular formula is C10H10N2OS2. The molecule has 0 bridgehead atoms. The Hall–Kier alpha value is -1.07. The van der Waals surface area contributed by atoms with Gasteiger partial charge in [-0.2, -0.15) is 0 Å². The predicted octanol–water partition coefficient (Wildman–Crippen LogP) is 2.98. The van der Waals surface area contributed by atoms with E-state index in [2.05, 4.69) is 10.3 Å². The van der Waals surface area contributed by atoms with Gasteiger partial charge in [-0.1, -0.05) is 11.8 Å². The summed E-state index contributed by atoms with van der Waals surface area (Å²) in [5.74, 6) is -0.0605. The van der Waals surface area contributed by atoms with Crippen LogP contribution in [0, 0.1) is 0 Å². The van der Waals surface area contributed by atoms with Crippen LogP contribution in [0.15, 0.2) is 22.5 Å². The van der Waals surface area contributed by atoms with Crippen molar-refractivity contribution in [3.05, 3.63) is 18.2 Å². The standard InChI is InChI=1S/C10H10N2OS2/c1-6(13)11-7-3-4-9-8(5-7)12-10(14-2)15-9/h3-5H,1-2H3,(H,11,13). The Kier molecular flexibility index (Phi) is 2.93. The zero-order valence-electron chi connectivity index (χ0n) is 8.40. The minimum absolute atomic E-state index is 0.0605. The van der Waals surface area contributed by atoms with Crippen molar-refractivity contribution in [2.24, 2.45) is 0 Å². The number of hydrogen-bond acceptors (Lipinski definition) is 4. The first kappa shape index (κ1) is 10.4. The van der Waals surface area contributed by atoms with Gasteiger partial charge in [-0.05, 0) is 24.5 Å². The van der Waals surface area contributed by atoms with E-state index < -0.39 is 0 Å². The van der Waals surface area contributed by atoms with Crippen LogP contribution in [0.5, 0.6) is 0 Å². The van der Waals surface area contributed by atoms with Gasteiger partial charge in [0, 0.05) is 12.6 Å². The van der Waals surface area contributed by atoms with E-state index in [1.807, 2.05) is 24.5 Å². The molecule has 1 aromatic heterocycles. The van der Waals surface area contributed by atoms with Gasteiger partial charge >= 0.3 is 0 Å². The Morgan fingerprint density at radius 1 is 1.53 bits per heavy atom. The highest BCUT2D eigenvalue weighted by atomic mass is 32.2. The Morgan fingerprint density at radius 3 is 3.00 bits per heavy atom. The summed E-state index contributed by atoms with van der Waals surface area (Å²) in [4.78, 5) is 15.3. The maximum Gasteiger partial charge on any atom is 0.221 e. The average Bonchev–Trinajstić information content (AvgIpc) is 2.58. The van der Waals surface area contributed by atoms with Gasteiger partial charge in [0.05, 0.1) is 10.2 Å². The summed E-state index contributed by atoms with van der Waals surface area (Å²) in [5, 5.41) is 2.74. The first-order valence-corrected chi connectivity index (χ1v) is 6.45. The number of aromatic nitrogens is 1. The lowest BCUT2D eigenvalue weighted by Crippen LogP contribution is -2.05. The van der Waals surface area contributed by atoms with Crippen LogP contribution in [0.25, 0.3) is 10.2 Å². The van der Waals surface area contributed by atoms with Crippen molar-refractivity contribution in [1.82, 2.24) is 4.98 Å². The maximum absolute atomic E-state index is 10.9. The third-order valence-corrected chi connectivity index (χ3v) is 3.88. The van der Waals surface area contributed by atoms with Crippen LogP contribution in [0.4, 0.5) is 5.69 Å². The zero-order chi connectivity index (χ0) is 10.8. The van der Waals surface area contributed by atoms with Gasteiger partial charge in [0.15, 0.2) is 4.34 Å². The molecule has 1 heterocycles. The number of anilines is 1. The van der Waals surface area contributed by atoms with E-state index >= 15 is 0 Å². The molecule has 0 fully saturated rings. The van der Waals surface area contributed by atoms with Crippen molar-refractivity contribution in [3.8, 4) is 0 Å². The summed E-state index contributed by atoms with van der Waals surface area (Å²) in [7, 11) is 0. The van der Waals surface area contributed by atoms with Crippen molar-refractivity contribution in [2.45, 2.75) is 11.3 Å². The fraction of sp³-hybridized carbons (Fsp3) is 0.200. The quantitative estimate of drug-likeness (QED) is 0.818. The zero-order valence-corrected chi connectivity index (χ0v) is 10.0. The van der Waals surface area contributed by atoms with Crippen molar-refractivity contribution < 1.29 is 4.79 Å². The van der Waals surface area contributed by atoms with Crippen LogP contribution >= 0.6 is 23.1 Å². The van der Waals surface area contributed by atoms with Gasteiger partial charge in [-0.25, -0.2) is 4.98 Å². The van der Waals surface area contributed by atoms with E-state index in [1.165, 1.54) is 6.92 Å². The second-order valence-corrected chi connectivity index (χ2v) is 5.13.